The Morgan fingerprint density at radius 1 is 1.22 bits per heavy atom. The Hall–Kier alpha value is -1.68. The predicted molar refractivity (Wildman–Crippen MR) is 72.0 cm³/mol. The largest absolute Gasteiger partial charge is 0.323 e. The van der Waals surface area contributed by atoms with Gasteiger partial charge in [0.2, 0.25) is 0 Å². The summed E-state index contributed by atoms with van der Waals surface area (Å²) in [6.07, 6.45) is 8.45. The third-order valence-corrected chi connectivity index (χ3v) is 3.06. The molecule has 0 bridgehead atoms. The Morgan fingerprint density at radius 2 is 2.00 bits per heavy atom. The van der Waals surface area contributed by atoms with Crippen LogP contribution in [-0.4, -0.2) is 14.8 Å². The van der Waals surface area contributed by atoms with Crippen molar-refractivity contribution in [3.63, 3.8) is 0 Å². The van der Waals surface area contributed by atoms with Crippen LogP contribution in [0, 0.1) is 0 Å². The van der Waals surface area contributed by atoms with E-state index in [0.29, 0.717) is 0 Å². The average Bonchev–Trinajstić information content (AvgIpc) is 2.86. The predicted octanol–water partition coefficient (Wildman–Crippen LogP) is 2.32. The number of aryl methyl sites for hydroxylation is 2. The van der Waals surface area contributed by atoms with Crippen LogP contribution in [0.5, 0.6) is 0 Å². The fraction of sp³-hybridized carbons (Fsp3) is 0.429. The van der Waals surface area contributed by atoms with Gasteiger partial charge in [-0.3, -0.25) is 9.67 Å². The minimum Gasteiger partial charge on any atom is -0.323 e. The Kier molecular flexibility index (Phi) is 4.47. The molecule has 0 aliphatic heterocycles. The number of pyridine rings is 1. The summed E-state index contributed by atoms with van der Waals surface area (Å²) in [5.74, 6) is 0. The summed E-state index contributed by atoms with van der Waals surface area (Å²) in [5.41, 5.74) is 8.65. The van der Waals surface area contributed by atoms with Crippen LogP contribution in [0.2, 0.25) is 0 Å². The summed E-state index contributed by atoms with van der Waals surface area (Å²) >= 11 is 0. The van der Waals surface area contributed by atoms with Gasteiger partial charge in [-0.25, -0.2) is 0 Å². The van der Waals surface area contributed by atoms with E-state index in [-0.39, 0.29) is 6.04 Å². The maximum atomic E-state index is 6.24. The maximum Gasteiger partial charge on any atom is 0.0551 e. The van der Waals surface area contributed by atoms with Gasteiger partial charge in [-0.2, -0.15) is 5.10 Å². The van der Waals surface area contributed by atoms with E-state index in [1.54, 1.807) is 0 Å². The van der Waals surface area contributed by atoms with Gasteiger partial charge >= 0.3 is 0 Å². The molecule has 0 saturated heterocycles. The molecule has 2 heterocycles. The van der Waals surface area contributed by atoms with E-state index in [2.05, 4.69) is 17.0 Å². The summed E-state index contributed by atoms with van der Waals surface area (Å²) in [4.78, 5) is 4.02. The van der Waals surface area contributed by atoms with Crippen LogP contribution in [0.15, 0.2) is 36.8 Å². The van der Waals surface area contributed by atoms with Gasteiger partial charge in [0.1, 0.15) is 0 Å². The maximum absolute atomic E-state index is 6.24. The van der Waals surface area contributed by atoms with Gasteiger partial charge in [0.15, 0.2) is 0 Å². The molecule has 96 valence electrons. The fourth-order valence-corrected chi connectivity index (χ4v) is 2.08. The first-order chi connectivity index (χ1) is 8.81. The summed E-state index contributed by atoms with van der Waals surface area (Å²) in [6, 6.07) is 6.14. The van der Waals surface area contributed by atoms with Gasteiger partial charge in [-0.15, -0.1) is 0 Å². The van der Waals surface area contributed by atoms with E-state index in [0.717, 1.165) is 31.5 Å². The van der Waals surface area contributed by atoms with Crippen molar-refractivity contribution in [1.82, 2.24) is 14.8 Å². The summed E-state index contributed by atoms with van der Waals surface area (Å²) < 4.78 is 2.01. The minimum atomic E-state index is 0.0483. The van der Waals surface area contributed by atoms with Crippen molar-refractivity contribution < 1.29 is 0 Å². The van der Waals surface area contributed by atoms with Crippen LogP contribution in [0.1, 0.15) is 37.1 Å². The number of aromatic nitrogens is 3. The van der Waals surface area contributed by atoms with Crippen molar-refractivity contribution in [2.24, 2.45) is 5.73 Å². The molecule has 0 aromatic carbocycles. The highest BCUT2D eigenvalue weighted by Crippen LogP contribution is 2.16. The van der Waals surface area contributed by atoms with Gasteiger partial charge in [0, 0.05) is 31.2 Å². The zero-order valence-corrected chi connectivity index (χ0v) is 10.8. The highest BCUT2D eigenvalue weighted by molar-refractivity contribution is 5.12. The lowest BCUT2D eigenvalue weighted by Crippen LogP contribution is -2.17. The molecule has 0 aliphatic rings. The number of rotatable bonds is 6. The molecule has 1 atom stereocenters. The highest BCUT2D eigenvalue weighted by Gasteiger charge is 2.11. The number of nitrogens with two attached hydrogens (primary N) is 1. The zero-order chi connectivity index (χ0) is 12.8. The van der Waals surface area contributed by atoms with Crippen LogP contribution in [0.25, 0.3) is 0 Å². The molecular formula is C14H20N4. The van der Waals surface area contributed by atoms with Crippen molar-refractivity contribution >= 4 is 0 Å². The molecule has 2 aromatic heterocycles. The SMILES string of the molecule is CCCn1nccc1C(N)CCc1ccncc1. The monoisotopic (exact) mass is 244 g/mol. The fourth-order valence-electron chi connectivity index (χ4n) is 2.08. The topological polar surface area (TPSA) is 56.7 Å². The molecule has 2 N–H and O–H groups in total. The minimum absolute atomic E-state index is 0.0483. The van der Waals surface area contributed by atoms with Gasteiger partial charge < -0.3 is 5.73 Å². The lowest BCUT2D eigenvalue weighted by molar-refractivity contribution is 0.523. The molecule has 0 amide bonds. The molecule has 4 nitrogen and oxygen atoms in total. The second-order valence-electron chi connectivity index (χ2n) is 4.48. The Morgan fingerprint density at radius 3 is 2.72 bits per heavy atom. The molecule has 1 unspecified atom stereocenters. The normalized spacial score (nSPS) is 12.6. The van der Waals surface area contributed by atoms with Crippen molar-refractivity contribution in [2.75, 3.05) is 0 Å². The van der Waals surface area contributed by atoms with Crippen LogP contribution in [0.3, 0.4) is 0 Å². The van der Waals surface area contributed by atoms with Gasteiger partial charge in [0.05, 0.1) is 5.69 Å². The summed E-state index contributed by atoms with van der Waals surface area (Å²) in [7, 11) is 0. The van der Waals surface area contributed by atoms with E-state index in [1.807, 2.05) is 41.5 Å². The van der Waals surface area contributed by atoms with Gasteiger partial charge in [-0.1, -0.05) is 6.92 Å². The first-order valence-corrected chi connectivity index (χ1v) is 6.47. The smallest absolute Gasteiger partial charge is 0.0551 e. The van der Waals surface area contributed by atoms with Crippen LogP contribution >= 0.6 is 0 Å². The first kappa shape index (κ1) is 12.8. The lowest BCUT2D eigenvalue weighted by Gasteiger charge is -2.13. The van der Waals surface area contributed by atoms with Gasteiger partial charge in [-0.05, 0) is 43.0 Å². The van der Waals surface area contributed by atoms with Crippen LogP contribution < -0.4 is 5.73 Å². The molecule has 4 heteroatoms. The second kappa shape index (κ2) is 6.31. The Balaban J connectivity index is 1.95. The van der Waals surface area contributed by atoms with Crippen molar-refractivity contribution in [3.8, 4) is 0 Å². The van der Waals surface area contributed by atoms with Crippen molar-refractivity contribution in [1.29, 1.82) is 0 Å². The Bertz CT molecular complexity index is 464. The van der Waals surface area contributed by atoms with Gasteiger partial charge in [0.25, 0.3) is 0 Å². The van der Waals surface area contributed by atoms with Crippen LogP contribution in [-0.2, 0) is 13.0 Å². The van der Waals surface area contributed by atoms with E-state index >= 15 is 0 Å². The number of hydrogen-bond acceptors (Lipinski definition) is 3. The standard InChI is InChI=1S/C14H20N4/c1-2-11-18-14(7-10-17-18)13(15)4-3-12-5-8-16-9-6-12/h5-10,13H,2-4,11,15H2,1H3. The molecule has 2 aromatic rings. The van der Waals surface area contributed by atoms with Crippen molar-refractivity contribution in [2.45, 2.75) is 38.8 Å². The molecule has 0 radical (unpaired) electrons. The quantitative estimate of drug-likeness (QED) is 0.848. The van der Waals surface area contributed by atoms with E-state index in [9.17, 15) is 0 Å². The van der Waals surface area contributed by atoms with Crippen LogP contribution in [0.4, 0.5) is 0 Å². The first-order valence-electron chi connectivity index (χ1n) is 6.47. The van der Waals surface area contributed by atoms with E-state index in [1.165, 1.54) is 5.56 Å². The molecule has 0 fully saturated rings. The van der Waals surface area contributed by atoms with E-state index < -0.39 is 0 Å². The van der Waals surface area contributed by atoms with E-state index in [4.69, 9.17) is 5.73 Å². The molecule has 18 heavy (non-hydrogen) atoms. The third-order valence-electron chi connectivity index (χ3n) is 3.06. The molecular weight excluding hydrogens is 224 g/mol. The summed E-state index contributed by atoms with van der Waals surface area (Å²) in [5, 5.41) is 4.31. The van der Waals surface area contributed by atoms with Crippen molar-refractivity contribution in [3.05, 3.63) is 48.0 Å². The number of hydrogen-bond donors (Lipinski definition) is 1. The molecule has 0 saturated carbocycles. The molecule has 2 rings (SSSR count). The molecule has 0 aliphatic carbocycles. The number of nitrogens with zero attached hydrogens (tertiary/aromatic N) is 3. The zero-order valence-electron chi connectivity index (χ0n) is 10.8. The average molecular weight is 244 g/mol. The lowest BCUT2D eigenvalue weighted by atomic mass is 10.0. The Labute approximate surface area is 108 Å². The third kappa shape index (κ3) is 3.17. The second-order valence-corrected chi connectivity index (χ2v) is 4.48. The highest BCUT2D eigenvalue weighted by atomic mass is 15.3. The molecule has 0 spiro atoms. The summed E-state index contributed by atoms with van der Waals surface area (Å²) in [6.45, 7) is 3.08.